The third kappa shape index (κ3) is 4.60. The van der Waals surface area contributed by atoms with Crippen LogP contribution in [0.2, 0.25) is 0 Å². The van der Waals surface area contributed by atoms with Crippen molar-refractivity contribution in [2.45, 2.75) is 0 Å². The van der Waals surface area contributed by atoms with Crippen molar-refractivity contribution in [3.8, 4) is 11.5 Å². The molecule has 1 atom stereocenters. The van der Waals surface area contributed by atoms with Gasteiger partial charge < -0.3 is 9.47 Å². The highest BCUT2D eigenvalue weighted by atomic mass is 31.2. The number of halogens is 2. The summed E-state index contributed by atoms with van der Waals surface area (Å²) >= 11 is 0. The number of anilines is 1. The molecule has 0 amide bonds. The fraction of sp³-hybridized carbons (Fsp3) is 0.0588. The Morgan fingerprint density at radius 1 is 0.634 bits per heavy atom. The maximum absolute atomic E-state index is 15.8. The maximum atomic E-state index is 15.8. The predicted molar refractivity (Wildman–Crippen MR) is 160 cm³/mol. The van der Waals surface area contributed by atoms with Gasteiger partial charge in [-0.1, -0.05) is 30.3 Å². The quantitative estimate of drug-likeness (QED) is 0.198. The van der Waals surface area contributed by atoms with Gasteiger partial charge in [-0.05, 0) is 102 Å². The van der Waals surface area contributed by atoms with Crippen LogP contribution in [0.5, 0.6) is 11.5 Å². The molecule has 4 nitrogen and oxygen atoms in total. The van der Waals surface area contributed by atoms with E-state index < -0.39 is 18.9 Å². The van der Waals surface area contributed by atoms with Crippen LogP contribution in [0.3, 0.4) is 0 Å². The summed E-state index contributed by atoms with van der Waals surface area (Å²) in [6.07, 6.45) is 0. The van der Waals surface area contributed by atoms with E-state index in [1.165, 1.54) is 24.3 Å². The number of hydrogen-bond donors (Lipinski definition) is 0. The molecule has 0 fully saturated rings. The van der Waals surface area contributed by atoms with E-state index in [0.717, 1.165) is 11.1 Å². The minimum Gasteiger partial charge on any atom is -0.497 e. The van der Waals surface area contributed by atoms with Crippen LogP contribution >= 0.6 is 7.29 Å². The lowest BCUT2D eigenvalue weighted by Crippen LogP contribution is -2.37. The van der Waals surface area contributed by atoms with Crippen LogP contribution in [0.15, 0.2) is 121 Å². The average molecular weight is 566 g/mol. The molecule has 1 unspecified atom stereocenters. The smallest absolute Gasteiger partial charge is 0.234 e. The molecule has 41 heavy (non-hydrogen) atoms. The van der Waals surface area contributed by atoms with Gasteiger partial charge in [-0.15, -0.1) is 0 Å². The molecule has 0 bridgehead atoms. The molecule has 0 saturated heterocycles. The Balaban J connectivity index is 1.79. The molecule has 204 valence electrons. The van der Waals surface area contributed by atoms with Gasteiger partial charge in [0.2, 0.25) is 7.29 Å². The summed E-state index contributed by atoms with van der Waals surface area (Å²) in [6.45, 7) is 0. The Morgan fingerprint density at radius 3 is 1.78 bits per heavy atom. The van der Waals surface area contributed by atoms with Crippen molar-refractivity contribution in [1.29, 1.82) is 0 Å². The Labute approximate surface area is 237 Å². The highest BCUT2D eigenvalue weighted by Crippen LogP contribution is 2.60. The van der Waals surface area contributed by atoms with E-state index in [0.29, 0.717) is 44.6 Å². The number of rotatable bonds is 6. The monoisotopic (exact) mass is 565 g/mol. The molecule has 6 rings (SSSR count). The summed E-state index contributed by atoms with van der Waals surface area (Å²) in [5.74, 6) is 0.443. The van der Waals surface area contributed by atoms with Gasteiger partial charge in [0.25, 0.3) is 0 Å². The van der Waals surface area contributed by atoms with Crippen LogP contribution in [0.4, 0.5) is 14.5 Å². The van der Waals surface area contributed by atoms with Crippen LogP contribution in [0, 0.1) is 11.6 Å². The van der Waals surface area contributed by atoms with Crippen LogP contribution in [0.25, 0.3) is 11.3 Å². The molecule has 7 heteroatoms. The van der Waals surface area contributed by atoms with Gasteiger partial charge >= 0.3 is 0 Å². The highest BCUT2D eigenvalue weighted by Gasteiger charge is 2.45. The molecule has 1 aliphatic rings. The molecule has 0 N–H and O–H groups in total. The molecular formula is C34H26F2NO3P. The summed E-state index contributed by atoms with van der Waals surface area (Å²) < 4.78 is 57.6. The summed E-state index contributed by atoms with van der Waals surface area (Å²) in [5, 5.41) is 0.882. The predicted octanol–water partition coefficient (Wildman–Crippen LogP) is 7.65. The van der Waals surface area contributed by atoms with Crippen LogP contribution in [-0.2, 0) is 4.57 Å². The molecular weight excluding hydrogens is 539 g/mol. The first-order chi connectivity index (χ1) is 19.9. The van der Waals surface area contributed by atoms with E-state index >= 15 is 8.96 Å². The molecule has 1 aliphatic heterocycles. The molecule has 0 aromatic heterocycles. The molecule has 5 aromatic carbocycles. The Hall–Kier alpha value is -4.67. The normalized spacial score (nSPS) is 16.3. The summed E-state index contributed by atoms with van der Waals surface area (Å²) in [6, 6.07) is 34.4. The summed E-state index contributed by atoms with van der Waals surface area (Å²) in [4.78, 5) is 0. The maximum Gasteiger partial charge on any atom is 0.234 e. The number of para-hydroxylation sites is 1. The molecule has 0 aliphatic carbocycles. The average Bonchev–Trinajstić information content (AvgIpc) is 3.01. The van der Waals surface area contributed by atoms with Crippen LogP contribution in [-0.4, -0.2) is 14.2 Å². The van der Waals surface area contributed by atoms with Crippen molar-refractivity contribution >= 4 is 34.9 Å². The summed E-state index contributed by atoms with van der Waals surface area (Å²) in [7, 11) is -0.566. The van der Waals surface area contributed by atoms with Crippen molar-refractivity contribution in [2.75, 3.05) is 18.9 Å². The van der Waals surface area contributed by atoms with Crippen molar-refractivity contribution in [1.82, 2.24) is 0 Å². The van der Waals surface area contributed by atoms with E-state index in [1.54, 1.807) is 32.4 Å². The minimum absolute atomic E-state index is 0.426. The first-order valence-electron chi connectivity index (χ1n) is 13.0. The van der Waals surface area contributed by atoms with Gasteiger partial charge in [0, 0.05) is 27.4 Å². The first kappa shape index (κ1) is 26.5. The fourth-order valence-corrected chi connectivity index (χ4v) is 8.29. The first-order valence-corrected chi connectivity index (χ1v) is 14.7. The number of benzene rings is 5. The van der Waals surface area contributed by atoms with Crippen LogP contribution < -0.4 is 24.8 Å². The number of ether oxygens (including phenoxy) is 2. The zero-order valence-electron chi connectivity index (χ0n) is 22.4. The SMILES string of the molecule is COc1ccc(C2=C(c3ccc(OC)cc3)N(c3ccccc3)P(=O)(c3ccc(F)cc3)c3ccc(F)cc32)cc1. The largest absolute Gasteiger partial charge is 0.497 e. The van der Waals surface area contributed by atoms with Crippen molar-refractivity contribution in [3.63, 3.8) is 0 Å². The molecule has 5 aromatic rings. The number of nitrogens with zero attached hydrogens (tertiary/aromatic N) is 1. The second-order valence-electron chi connectivity index (χ2n) is 9.54. The zero-order valence-corrected chi connectivity index (χ0v) is 23.3. The number of methoxy groups -OCH3 is 2. The Bertz CT molecular complexity index is 1790. The second kappa shape index (κ2) is 10.7. The lowest BCUT2D eigenvalue weighted by Gasteiger charge is -2.42. The number of hydrogen-bond acceptors (Lipinski definition) is 3. The van der Waals surface area contributed by atoms with Gasteiger partial charge in [-0.25, -0.2) is 8.78 Å². The Kier molecular flexibility index (Phi) is 6.94. The van der Waals surface area contributed by atoms with Gasteiger partial charge in [-0.2, -0.15) is 0 Å². The van der Waals surface area contributed by atoms with Crippen molar-refractivity contribution in [2.24, 2.45) is 0 Å². The Morgan fingerprint density at radius 2 is 1.20 bits per heavy atom. The van der Waals surface area contributed by atoms with E-state index in [4.69, 9.17) is 9.47 Å². The third-order valence-electron chi connectivity index (χ3n) is 7.20. The topological polar surface area (TPSA) is 38.8 Å². The fourth-order valence-electron chi connectivity index (χ4n) is 5.28. The zero-order chi connectivity index (χ0) is 28.6. The van der Waals surface area contributed by atoms with E-state index in [9.17, 15) is 4.39 Å². The van der Waals surface area contributed by atoms with Crippen molar-refractivity contribution in [3.05, 3.63) is 150 Å². The molecule has 1 heterocycles. The van der Waals surface area contributed by atoms with Gasteiger partial charge in [-0.3, -0.25) is 9.24 Å². The van der Waals surface area contributed by atoms with Gasteiger partial charge in [0.1, 0.15) is 23.1 Å². The number of fused-ring (bicyclic) bond motifs is 1. The lowest BCUT2D eigenvalue weighted by atomic mass is 9.92. The van der Waals surface area contributed by atoms with Crippen LogP contribution in [0.1, 0.15) is 16.7 Å². The summed E-state index contributed by atoms with van der Waals surface area (Å²) in [5.41, 5.74) is 4.03. The molecule has 0 radical (unpaired) electrons. The van der Waals surface area contributed by atoms with Gasteiger partial charge in [0.15, 0.2) is 0 Å². The standard InChI is InChI=1S/C34H26F2NO3P/c1-39-28-15-8-23(9-16-28)33-31-22-26(36)14-21-32(31)41(38,30-19-12-25(35)13-20-30)37(27-6-4-3-5-7-27)34(33)24-10-17-29(40-2)18-11-24/h3-22H,1-2H3. The molecule has 0 saturated carbocycles. The van der Waals surface area contributed by atoms with Crippen molar-refractivity contribution < 1.29 is 22.8 Å². The van der Waals surface area contributed by atoms with E-state index in [-0.39, 0.29) is 0 Å². The van der Waals surface area contributed by atoms with Gasteiger partial charge in [0.05, 0.1) is 19.9 Å². The van der Waals surface area contributed by atoms with E-state index in [1.807, 2.05) is 83.5 Å². The second-order valence-corrected chi connectivity index (χ2v) is 12.1. The molecule has 0 spiro atoms. The van der Waals surface area contributed by atoms with E-state index in [2.05, 4.69) is 0 Å². The lowest BCUT2D eigenvalue weighted by molar-refractivity contribution is 0.414. The minimum atomic E-state index is -3.75. The highest BCUT2D eigenvalue weighted by molar-refractivity contribution is 7.80. The third-order valence-corrected chi connectivity index (χ3v) is 10.2.